The molecule has 3 heterocycles. The molecule has 226 valence electrons. The van der Waals surface area contributed by atoms with Crippen molar-refractivity contribution in [2.75, 3.05) is 25.0 Å². The number of carbonyl (C=O) groups is 2. The number of aromatic nitrogens is 2. The number of amides is 2. The highest BCUT2D eigenvalue weighted by atomic mass is 16.2. The average molecular weight is 573 g/mol. The Bertz CT molecular complexity index is 1350. The molecule has 1 fully saturated rings. The van der Waals surface area contributed by atoms with E-state index in [4.69, 9.17) is 0 Å². The summed E-state index contributed by atoms with van der Waals surface area (Å²) in [5.74, 6) is 1.26. The molecule has 2 N–H and O–H groups in total. The monoisotopic (exact) mass is 572 g/mol. The molecule has 0 atom stereocenters. The van der Waals surface area contributed by atoms with Gasteiger partial charge in [0.2, 0.25) is 5.91 Å². The lowest BCUT2D eigenvalue weighted by Gasteiger charge is -2.33. The number of piperidine rings is 1. The predicted octanol–water partition coefficient (Wildman–Crippen LogP) is 5.92. The van der Waals surface area contributed by atoms with Crippen LogP contribution < -0.4 is 10.6 Å². The average Bonchev–Trinajstić information content (AvgIpc) is 3.21. The zero-order chi connectivity index (χ0) is 30.4. The number of likely N-dealkylation sites (tertiary alicyclic amines) is 1. The summed E-state index contributed by atoms with van der Waals surface area (Å²) in [6, 6.07) is 5.71. The summed E-state index contributed by atoms with van der Waals surface area (Å²) in [6.45, 7) is 19.1. The van der Waals surface area contributed by atoms with E-state index in [9.17, 15) is 9.59 Å². The van der Waals surface area contributed by atoms with Crippen LogP contribution in [-0.4, -0.2) is 51.0 Å². The van der Waals surface area contributed by atoms with Crippen molar-refractivity contribution in [2.24, 2.45) is 18.4 Å². The van der Waals surface area contributed by atoms with Gasteiger partial charge in [-0.15, -0.1) is 0 Å². The first-order valence-corrected chi connectivity index (χ1v) is 15.2. The zero-order valence-corrected chi connectivity index (χ0v) is 26.3. The van der Waals surface area contributed by atoms with Crippen LogP contribution in [0.15, 0.2) is 60.6 Å². The number of nitrogens with zero attached hydrogens (tertiary/aromatic N) is 4. The van der Waals surface area contributed by atoms with E-state index in [0.29, 0.717) is 47.8 Å². The largest absolute Gasteiger partial charge is 0.352 e. The van der Waals surface area contributed by atoms with Gasteiger partial charge in [0.15, 0.2) is 0 Å². The minimum absolute atomic E-state index is 0.101. The minimum Gasteiger partial charge on any atom is -0.352 e. The predicted molar refractivity (Wildman–Crippen MR) is 170 cm³/mol. The lowest BCUT2D eigenvalue weighted by atomic mass is 9.90. The molecule has 2 amide bonds. The lowest BCUT2D eigenvalue weighted by molar-refractivity contribution is -0.122. The fourth-order valence-electron chi connectivity index (χ4n) is 5.56. The van der Waals surface area contributed by atoms with Gasteiger partial charge in [-0.3, -0.25) is 14.3 Å². The molecule has 2 aliphatic heterocycles. The number of rotatable bonds is 8. The van der Waals surface area contributed by atoms with E-state index in [1.807, 2.05) is 57.3 Å². The molecule has 1 aromatic heterocycles. The van der Waals surface area contributed by atoms with Crippen LogP contribution in [0.5, 0.6) is 0 Å². The maximum Gasteiger partial charge on any atom is 0.258 e. The third-order valence-corrected chi connectivity index (χ3v) is 8.33. The van der Waals surface area contributed by atoms with Gasteiger partial charge in [0.1, 0.15) is 5.82 Å². The van der Waals surface area contributed by atoms with Gasteiger partial charge in [-0.2, -0.15) is 5.10 Å². The van der Waals surface area contributed by atoms with Crippen molar-refractivity contribution in [3.8, 4) is 0 Å². The molecule has 0 aliphatic carbocycles. The Morgan fingerprint density at radius 2 is 1.95 bits per heavy atom. The quantitative estimate of drug-likeness (QED) is 0.410. The van der Waals surface area contributed by atoms with Crippen LogP contribution in [0.1, 0.15) is 80.4 Å². The fourth-order valence-corrected chi connectivity index (χ4v) is 5.56. The van der Waals surface area contributed by atoms with Crippen LogP contribution in [0.4, 0.5) is 5.82 Å². The standard InChI is InChI=1S/C34H48N6O2/c1-8-9-10-30-25(3)37-32-29(22-36-38(32)7)23-40(30)33(42)27-11-12-28(24(2)19-27)21-35-31(41)20-26-13-16-39(17-14-26)18-15-34(4,5)6/h8-12,19,22,26,37H,3,13-18,20-21,23H2,1-2,4-7H3,(H,35,41)/b9-8-,30-10+. The Balaban J connectivity index is 1.36. The second-order valence-corrected chi connectivity index (χ2v) is 12.9. The molecule has 0 saturated carbocycles. The number of nitrogens with one attached hydrogen (secondary N) is 2. The Kier molecular flexibility index (Phi) is 10.1. The topological polar surface area (TPSA) is 82.5 Å². The molecule has 0 radical (unpaired) electrons. The van der Waals surface area contributed by atoms with Gasteiger partial charge in [-0.1, -0.05) is 45.6 Å². The summed E-state index contributed by atoms with van der Waals surface area (Å²) >= 11 is 0. The molecule has 4 rings (SSSR count). The van der Waals surface area contributed by atoms with Crippen molar-refractivity contribution in [3.63, 3.8) is 0 Å². The van der Waals surface area contributed by atoms with Crippen LogP contribution in [-0.2, 0) is 24.9 Å². The van der Waals surface area contributed by atoms with E-state index in [0.717, 1.165) is 55.0 Å². The number of hydrogen-bond acceptors (Lipinski definition) is 5. The molecular weight excluding hydrogens is 524 g/mol. The summed E-state index contributed by atoms with van der Waals surface area (Å²) < 4.78 is 1.76. The van der Waals surface area contributed by atoms with Gasteiger partial charge < -0.3 is 20.4 Å². The van der Waals surface area contributed by atoms with Gasteiger partial charge in [0.25, 0.3) is 5.91 Å². The van der Waals surface area contributed by atoms with Gasteiger partial charge in [0.05, 0.1) is 24.1 Å². The van der Waals surface area contributed by atoms with E-state index in [1.165, 1.54) is 6.42 Å². The van der Waals surface area contributed by atoms with Crippen LogP contribution in [0.2, 0.25) is 0 Å². The first-order chi connectivity index (χ1) is 19.9. The number of allylic oxidation sites excluding steroid dienone is 3. The Morgan fingerprint density at radius 1 is 1.21 bits per heavy atom. The molecule has 42 heavy (non-hydrogen) atoms. The van der Waals surface area contributed by atoms with Crippen LogP contribution >= 0.6 is 0 Å². The van der Waals surface area contributed by atoms with E-state index >= 15 is 0 Å². The summed E-state index contributed by atoms with van der Waals surface area (Å²) in [5.41, 5.74) is 5.20. The molecule has 8 nitrogen and oxygen atoms in total. The normalized spacial score (nSPS) is 17.8. The van der Waals surface area contributed by atoms with Gasteiger partial charge in [-0.05, 0) is 93.4 Å². The Morgan fingerprint density at radius 3 is 2.62 bits per heavy atom. The first kappa shape index (κ1) is 31.3. The zero-order valence-electron chi connectivity index (χ0n) is 26.3. The molecule has 0 bridgehead atoms. The maximum absolute atomic E-state index is 13.8. The van der Waals surface area contributed by atoms with Crippen molar-refractivity contribution in [3.05, 3.63) is 82.9 Å². The fraction of sp³-hybridized carbons (Fsp3) is 0.500. The molecule has 8 heteroatoms. The smallest absolute Gasteiger partial charge is 0.258 e. The van der Waals surface area contributed by atoms with Gasteiger partial charge in [0, 0.05) is 31.1 Å². The van der Waals surface area contributed by atoms with E-state index in [-0.39, 0.29) is 11.8 Å². The van der Waals surface area contributed by atoms with Crippen molar-refractivity contribution < 1.29 is 9.59 Å². The highest BCUT2D eigenvalue weighted by Gasteiger charge is 2.28. The number of benzene rings is 1. The van der Waals surface area contributed by atoms with Crippen molar-refractivity contribution in [2.45, 2.75) is 73.4 Å². The number of aryl methyl sites for hydroxylation is 2. The number of hydrogen-bond donors (Lipinski definition) is 2. The number of anilines is 1. The lowest BCUT2D eigenvalue weighted by Crippen LogP contribution is -2.37. The molecule has 1 aromatic carbocycles. The molecule has 2 aromatic rings. The number of carbonyl (C=O) groups excluding carboxylic acids is 2. The second kappa shape index (κ2) is 13.6. The molecular formula is C34H48N6O2. The molecule has 0 spiro atoms. The Labute approximate surface area is 251 Å². The van der Waals surface area contributed by atoms with Crippen LogP contribution in [0, 0.1) is 18.3 Å². The third-order valence-electron chi connectivity index (χ3n) is 8.33. The highest BCUT2D eigenvalue weighted by molar-refractivity contribution is 5.96. The van der Waals surface area contributed by atoms with Gasteiger partial charge in [-0.25, -0.2) is 0 Å². The second-order valence-electron chi connectivity index (χ2n) is 12.9. The molecule has 1 saturated heterocycles. The SMILES string of the molecule is C=C1Nc2c(cnn2C)CN(C(=O)c2ccc(CNC(=O)CC3CCN(CCC(C)(C)C)CC3)c(C)c2)/C1=C/C=C\C. The molecule has 0 unspecified atom stereocenters. The highest BCUT2D eigenvalue weighted by Crippen LogP contribution is 2.30. The van der Waals surface area contributed by atoms with Gasteiger partial charge >= 0.3 is 0 Å². The summed E-state index contributed by atoms with van der Waals surface area (Å²) in [4.78, 5) is 30.9. The third kappa shape index (κ3) is 8.00. The van der Waals surface area contributed by atoms with Crippen molar-refractivity contribution in [1.82, 2.24) is 24.9 Å². The summed E-state index contributed by atoms with van der Waals surface area (Å²) in [7, 11) is 1.87. The minimum atomic E-state index is -0.113. The van der Waals surface area contributed by atoms with Crippen molar-refractivity contribution >= 4 is 17.6 Å². The van der Waals surface area contributed by atoms with E-state index in [1.54, 1.807) is 15.8 Å². The van der Waals surface area contributed by atoms with E-state index in [2.05, 4.69) is 48.0 Å². The van der Waals surface area contributed by atoms with Crippen LogP contribution in [0.25, 0.3) is 0 Å². The van der Waals surface area contributed by atoms with Crippen molar-refractivity contribution in [1.29, 1.82) is 0 Å². The van der Waals surface area contributed by atoms with Crippen LogP contribution in [0.3, 0.4) is 0 Å². The molecule has 2 aliphatic rings. The van der Waals surface area contributed by atoms with E-state index < -0.39 is 0 Å². The summed E-state index contributed by atoms with van der Waals surface area (Å²) in [6.07, 6.45) is 11.4. The number of fused-ring (bicyclic) bond motifs is 1. The maximum atomic E-state index is 13.8. The summed E-state index contributed by atoms with van der Waals surface area (Å²) in [5, 5.41) is 10.8. The Hall–Kier alpha value is -3.65. The first-order valence-electron chi connectivity index (χ1n) is 15.2.